The van der Waals surface area contributed by atoms with Crippen molar-refractivity contribution in [3.05, 3.63) is 40.9 Å². The van der Waals surface area contributed by atoms with Crippen LogP contribution in [0.25, 0.3) is 0 Å². The topological polar surface area (TPSA) is 109 Å². The molecule has 2 rings (SSSR count). The summed E-state index contributed by atoms with van der Waals surface area (Å²) >= 11 is 1.30. The number of hydrogen-bond acceptors (Lipinski definition) is 7. The van der Waals surface area contributed by atoms with E-state index < -0.39 is 21.9 Å². The van der Waals surface area contributed by atoms with Crippen molar-refractivity contribution in [2.45, 2.75) is 13.3 Å². The summed E-state index contributed by atoms with van der Waals surface area (Å²) in [7, 11) is -3.70. The predicted molar refractivity (Wildman–Crippen MR) is 90.2 cm³/mol. The molecule has 1 aromatic carbocycles. The van der Waals surface area contributed by atoms with Gasteiger partial charge in [-0.25, -0.2) is 4.98 Å². The first-order chi connectivity index (χ1) is 11.3. The Balaban J connectivity index is 2.16. The highest BCUT2D eigenvalue weighted by Gasteiger charge is 2.22. The molecule has 0 aliphatic rings. The van der Waals surface area contributed by atoms with Gasteiger partial charge in [0.1, 0.15) is 11.7 Å². The maximum atomic E-state index is 12.2. The number of nitrogens with one attached hydrogen (secondary N) is 1. The van der Waals surface area contributed by atoms with Gasteiger partial charge in [0.05, 0.1) is 12.3 Å². The van der Waals surface area contributed by atoms with Crippen molar-refractivity contribution in [2.75, 3.05) is 11.6 Å². The zero-order valence-electron chi connectivity index (χ0n) is 13.0. The number of thiazole rings is 1. The number of nitrogens with zero attached hydrogens (tertiary/aromatic N) is 2. The first-order valence-corrected chi connectivity index (χ1v) is 9.52. The highest BCUT2D eigenvalue weighted by molar-refractivity contribution is 7.86. The monoisotopic (exact) mass is 365 g/mol. The van der Waals surface area contributed by atoms with E-state index in [9.17, 15) is 18.5 Å². The number of carbonyl (C=O) groups excluding carboxylic acids is 1. The maximum absolute atomic E-state index is 12.2. The van der Waals surface area contributed by atoms with Gasteiger partial charge in [-0.2, -0.15) is 13.7 Å². The van der Waals surface area contributed by atoms with Crippen molar-refractivity contribution in [1.29, 1.82) is 5.26 Å². The minimum atomic E-state index is -3.70. The Labute approximate surface area is 144 Å². The lowest BCUT2D eigenvalue weighted by molar-refractivity contribution is -0.118. The average Bonchev–Trinajstić information content (AvgIpc) is 2.89. The number of rotatable bonds is 6. The molecule has 1 unspecified atom stereocenters. The van der Waals surface area contributed by atoms with Gasteiger partial charge in [0, 0.05) is 17.5 Å². The van der Waals surface area contributed by atoms with Gasteiger partial charge < -0.3 is 9.50 Å². The summed E-state index contributed by atoms with van der Waals surface area (Å²) in [6.45, 7) is 1.86. The molecule has 0 spiro atoms. The number of nitriles is 1. The lowest BCUT2D eigenvalue weighted by Gasteiger charge is -2.12. The third-order valence-electron chi connectivity index (χ3n) is 2.96. The van der Waals surface area contributed by atoms with Crippen LogP contribution in [-0.2, 0) is 21.3 Å². The molecule has 0 saturated heterocycles. The van der Waals surface area contributed by atoms with Gasteiger partial charge in [-0.3, -0.25) is 4.79 Å². The molecule has 0 bridgehead atoms. The van der Waals surface area contributed by atoms with Gasteiger partial charge in [0.2, 0.25) is 5.91 Å². The van der Waals surface area contributed by atoms with E-state index in [1.807, 2.05) is 13.0 Å². The minimum Gasteiger partial charge on any atom is -0.382 e. The quantitative estimate of drug-likeness (QED) is 0.785. The molecule has 1 heterocycles. The van der Waals surface area contributed by atoms with Gasteiger partial charge in [0.25, 0.3) is 0 Å². The molecule has 0 aliphatic carbocycles. The van der Waals surface area contributed by atoms with Crippen LogP contribution in [0.3, 0.4) is 0 Å². The Morgan fingerprint density at radius 2 is 2.17 bits per heavy atom. The zero-order chi connectivity index (χ0) is 17.7. The van der Waals surface area contributed by atoms with Gasteiger partial charge in [-0.1, -0.05) is 18.2 Å². The number of carbonyl (C=O) groups is 1. The summed E-state index contributed by atoms with van der Waals surface area (Å²) in [4.78, 5) is 17.2. The first kappa shape index (κ1) is 17.9. The van der Waals surface area contributed by atoms with Gasteiger partial charge >= 0.3 is 10.1 Å². The van der Waals surface area contributed by atoms with Crippen LogP contribution in [0.2, 0.25) is 0 Å². The summed E-state index contributed by atoms with van der Waals surface area (Å²) < 4.78 is 27.5. The molecule has 0 radical (unpaired) electrons. The molecule has 1 aromatic heterocycles. The summed E-state index contributed by atoms with van der Waals surface area (Å²) in [5, 5.41) is 12.3. The minimum absolute atomic E-state index is 0.0262. The maximum Gasteiger partial charge on any atom is 0.306 e. The van der Waals surface area contributed by atoms with Crippen molar-refractivity contribution in [3.8, 4) is 11.8 Å². The number of aryl methyl sites for hydroxylation is 1. The summed E-state index contributed by atoms with van der Waals surface area (Å²) in [6, 6.07) is 8.32. The second kappa shape index (κ2) is 7.42. The molecule has 0 saturated carbocycles. The van der Waals surface area contributed by atoms with Crippen molar-refractivity contribution >= 4 is 32.5 Å². The standard InChI is InChI=1S/C15H15N3O4S2/c1-10-9-17-15(23-10)18-14(19)12(8-16)7-11-5-3-4-6-13(11)22-24(2,20)21/h3-6,9,12H,7H2,1-2H3,(H,17,18,19). The third-order valence-corrected chi connectivity index (χ3v) is 4.27. The highest BCUT2D eigenvalue weighted by atomic mass is 32.2. The van der Waals surface area contributed by atoms with Crippen LogP contribution in [0.5, 0.6) is 5.75 Å². The molecule has 0 aliphatic heterocycles. The molecule has 126 valence electrons. The van der Waals surface area contributed by atoms with Crippen LogP contribution in [-0.4, -0.2) is 25.6 Å². The molecule has 1 amide bonds. The molecule has 7 nitrogen and oxygen atoms in total. The van der Waals surface area contributed by atoms with E-state index >= 15 is 0 Å². The molecule has 9 heteroatoms. The van der Waals surface area contributed by atoms with Crippen molar-refractivity contribution in [2.24, 2.45) is 5.92 Å². The Morgan fingerprint density at radius 1 is 1.46 bits per heavy atom. The predicted octanol–water partition coefficient (Wildman–Crippen LogP) is 2.11. The smallest absolute Gasteiger partial charge is 0.306 e. The highest BCUT2D eigenvalue weighted by Crippen LogP contribution is 2.24. The van der Waals surface area contributed by atoms with Crippen LogP contribution in [0.4, 0.5) is 5.13 Å². The molecule has 1 atom stereocenters. The van der Waals surface area contributed by atoms with E-state index in [0.717, 1.165) is 11.1 Å². The molecular weight excluding hydrogens is 350 g/mol. The van der Waals surface area contributed by atoms with Crippen LogP contribution in [0.1, 0.15) is 10.4 Å². The Kier molecular flexibility index (Phi) is 5.54. The number of anilines is 1. The van der Waals surface area contributed by atoms with E-state index in [-0.39, 0.29) is 12.2 Å². The van der Waals surface area contributed by atoms with Gasteiger partial charge in [-0.15, -0.1) is 11.3 Å². The van der Waals surface area contributed by atoms with Crippen LogP contribution >= 0.6 is 11.3 Å². The van der Waals surface area contributed by atoms with Crippen LogP contribution in [0.15, 0.2) is 30.5 Å². The molecule has 0 fully saturated rings. The van der Waals surface area contributed by atoms with Gasteiger partial charge in [-0.05, 0) is 18.6 Å². The third kappa shape index (κ3) is 5.04. The lowest BCUT2D eigenvalue weighted by atomic mass is 9.99. The molecule has 1 N–H and O–H groups in total. The lowest BCUT2D eigenvalue weighted by Crippen LogP contribution is -2.23. The van der Waals surface area contributed by atoms with Crippen molar-refractivity contribution in [1.82, 2.24) is 4.98 Å². The number of hydrogen-bond donors (Lipinski definition) is 1. The summed E-state index contributed by atoms with van der Waals surface area (Å²) in [6.07, 6.45) is 2.58. The Bertz CT molecular complexity index is 884. The van der Waals surface area contributed by atoms with Crippen molar-refractivity contribution < 1.29 is 17.4 Å². The van der Waals surface area contributed by atoms with E-state index in [1.54, 1.807) is 24.4 Å². The van der Waals surface area contributed by atoms with E-state index in [0.29, 0.717) is 10.7 Å². The van der Waals surface area contributed by atoms with E-state index in [4.69, 9.17) is 4.18 Å². The second-order valence-corrected chi connectivity index (χ2v) is 7.86. The fourth-order valence-corrected chi connectivity index (χ4v) is 3.09. The molecular formula is C15H15N3O4S2. The van der Waals surface area contributed by atoms with Crippen LogP contribution in [0, 0.1) is 24.2 Å². The number of para-hydroxylation sites is 1. The number of aromatic nitrogens is 1. The van der Waals surface area contributed by atoms with Crippen molar-refractivity contribution in [3.63, 3.8) is 0 Å². The number of benzene rings is 1. The first-order valence-electron chi connectivity index (χ1n) is 6.89. The molecule has 2 aromatic rings. The molecule has 24 heavy (non-hydrogen) atoms. The normalized spacial score (nSPS) is 12.2. The Hall–Kier alpha value is -2.44. The summed E-state index contributed by atoms with van der Waals surface area (Å²) in [5.74, 6) is -1.39. The average molecular weight is 365 g/mol. The number of amides is 1. The fraction of sp³-hybridized carbons (Fsp3) is 0.267. The largest absolute Gasteiger partial charge is 0.382 e. The van der Waals surface area contributed by atoms with Crippen LogP contribution < -0.4 is 9.50 Å². The fourth-order valence-electron chi connectivity index (χ4n) is 1.94. The van der Waals surface area contributed by atoms with Gasteiger partial charge in [0.15, 0.2) is 5.13 Å². The Morgan fingerprint density at radius 3 is 2.75 bits per heavy atom. The second-order valence-electron chi connectivity index (χ2n) is 5.05. The SMILES string of the molecule is Cc1cnc(NC(=O)C(C#N)Cc2ccccc2OS(C)(=O)=O)s1. The van der Waals surface area contributed by atoms with E-state index in [2.05, 4.69) is 10.3 Å². The summed E-state index contributed by atoms with van der Waals surface area (Å²) in [5.41, 5.74) is 0.458. The van der Waals surface area contributed by atoms with E-state index in [1.165, 1.54) is 17.4 Å². The zero-order valence-corrected chi connectivity index (χ0v) is 14.6.